The highest BCUT2D eigenvalue weighted by molar-refractivity contribution is 5.43. The van der Waals surface area contributed by atoms with Crippen molar-refractivity contribution < 1.29 is 9.47 Å². The molecule has 0 saturated carbocycles. The molecule has 3 aromatic rings. The van der Waals surface area contributed by atoms with Crippen molar-refractivity contribution in [3.05, 3.63) is 95.6 Å². The van der Waals surface area contributed by atoms with E-state index in [0.29, 0.717) is 13.2 Å². The highest BCUT2D eigenvalue weighted by atomic mass is 16.5. The minimum Gasteiger partial charge on any atom is -0.485 e. The minimum absolute atomic E-state index is 0.286. The van der Waals surface area contributed by atoms with Crippen LogP contribution in [0, 0.1) is 0 Å². The molecule has 178 valence electrons. The van der Waals surface area contributed by atoms with E-state index in [1.165, 1.54) is 18.4 Å². The zero-order valence-electron chi connectivity index (χ0n) is 19.8. The molecule has 2 fully saturated rings. The van der Waals surface area contributed by atoms with Crippen LogP contribution in [-0.2, 0) is 19.8 Å². The summed E-state index contributed by atoms with van der Waals surface area (Å²) in [6.07, 6.45) is 2.38. The summed E-state index contributed by atoms with van der Waals surface area (Å²) in [6.45, 7) is 7.45. The summed E-state index contributed by atoms with van der Waals surface area (Å²) < 4.78 is 12.4. The molecule has 0 amide bonds. The van der Waals surface area contributed by atoms with Crippen molar-refractivity contribution in [2.24, 2.45) is 0 Å². The molecule has 2 saturated heterocycles. The standard InChI is InChI=1S/C29H35N3O2/c1-3-7-24(8-4-1)21-33-27-12-11-26(19-28(27)34-22-25-9-5-2-6-10-25)20-32-17-13-29(14-18-32)23-30-15-16-31-29/h1-12,19,30-31H,13-18,20-23H2. The van der Waals surface area contributed by atoms with Crippen LogP contribution in [0.25, 0.3) is 0 Å². The summed E-state index contributed by atoms with van der Waals surface area (Å²) in [6, 6.07) is 27.0. The molecule has 5 heteroatoms. The molecular weight excluding hydrogens is 422 g/mol. The first-order valence-electron chi connectivity index (χ1n) is 12.4. The maximum absolute atomic E-state index is 6.27. The molecule has 0 unspecified atom stereocenters. The van der Waals surface area contributed by atoms with Crippen LogP contribution in [0.1, 0.15) is 29.5 Å². The Bertz CT molecular complexity index is 1030. The quantitative estimate of drug-likeness (QED) is 0.526. The molecule has 0 atom stereocenters. The molecule has 0 radical (unpaired) electrons. The molecule has 3 aromatic carbocycles. The van der Waals surface area contributed by atoms with Gasteiger partial charge in [0, 0.05) is 44.8 Å². The second-order valence-corrected chi connectivity index (χ2v) is 9.49. The van der Waals surface area contributed by atoms with Crippen molar-refractivity contribution in [1.29, 1.82) is 0 Å². The van der Waals surface area contributed by atoms with Gasteiger partial charge in [-0.1, -0.05) is 66.7 Å². The van der Waals surface area contributed by atoms with E-state index in [0.717, 1.165) is 61.9 Å². The highest BCUT2D eigenvalue weighted by Crippen LogP contribution is 2.31. The third-order valence-electron chi connectivity index (χ3n) is 6.97. The van der Waals surface area contributed by atoms with E-state index >= 15 is 0 Å². The number of nitrogens with zero attached hydrogens (tertiary/aromatic N) is 1. The molecule has 2 aliphatic heterocycles. The Morgan fingerprint density at radius 1 is 0.706 bits per heavy atom. The van der Waals surface area contributed by atoms with Gasteiger partial charge < -0.3 is 20.1 Å². The van der Waals surface area contributed by atoms with Crippen molar-refractivity contribution in [3.8, 4) is 11.5 Å². The maximum atomic E-state index is 6.27. The lowest BCUT2D eigenvalue weighted by atomic mass is 9.86. The van der Waals surface area contributed by atoms with Crippen molar-refractivity contribution in [2.45, 2.75) is 38.1 Å². The van der Waals surface area contributed by atoms with Gasteiger partial charge in [0.25, 0.3) is 0 Å². The van der Waals surface area contributed by atoms with E-state index in [9.17, 15) is 0 Å². The molecular formula is C29H35N3O2. The van der Waals surface area contributed by atoms with Gasteiger partial charge in [0.2, 0.25) is 0 Å². The number of rotatable bonds is 8. The normalized spacial score (nSPS) is 18.0. The van der Waals surface area contributed by atoms with Gasteiger partial charge in [0.1, 0.15) is 13.2 Å². The molecule has 0 bridgehead atoms. The Morgan fingerprint density at radius 2 is 1.35 bits per heavy atom. The zero-order chi connectivity index (χ0) is 23.1. The molecule has 5 nitrogen and oxygen atoms in total. The molecule has 34 heavy (non-hydrogen) atoms. The van der Waals surface area contributed by atoms with Crippen molar-refractivity contribution in [1.82, 2.24) is 15.5 Å². The second-order valence-electron chi connectivity index (χ2n) is 9.49. The molecule has 0 aromatic heterocycles. The largest absolute Gasteiger partial charge is 0.485 e. The second kappa shape index (κ2) is 11.0. The number of piperazine rings is 1. The van der Waals surface area contributed by atoms with Crippen LogP contribution in [0.5, 0.6) is 11.5 Å². The first-order valence-corrected chi connectivity index (χ1v) is 12.4. The number of benzene rings is 3. The van der Waals surface area contributed by atoms with Gasteiger partial charge in [-0.05, 0) is 41.7 Å². The van der Waals surface area contributed by atoms with Crippen molar-refractivity contribution in [3.63, 3.8) is 0 Å². The summed E-state index contributed by atoms with van der Waals surface area (Å²) in [4.78, 5) is 2.56. The lowest BCUT2D eigenvalue weighted by Gasteiger charge is -2.45. The van der Waals surface area contributed by atoms with Crippen LogP contribution in [0.15, 0.2) is 78.9 Å². The smallest absolute Gasteiger partial charge is 0.162 e. The van der Waals surface area contributed by atoms with Crippen molar-refractivity contribution in [2.75, 3.05) is 32.7 Å². The fourth-order valence-electron chi connectivity index (χ4n) is 4.91. The predicted molar refractivity (Wildman–Crippen MR) is 136 cm³/mol. The number of hydrogen-bond donors (Lipinski definition) is 2. The highest BCUT2D eigenvalue weighted by Gasteiger charge is 2.35. The van der Waals surface area contributed by atoms with Crippen LogP contribution in [0.2, 0.25) is 0 Å². The predicted octanol–water partition coefficient (Wildman–Crippen LogP) is 4.37. The van der Waals surface area contributed by atoms with Crippen LogP contribution in [0.3, 0.4) is 0 Å². The van der Waals surface area contributed by atoms with Crippen LogP contribution < -0.4 is 20.1 Å². The number of likely N-dealkylation sites (tertiary alicyclic amines) is 1. The molecule has 1 spiro atoms. The van der Waals surface area contributed by atoms with E-state index in [2.05, 4.69) is 58.0 Å². The first kappa shape index (κ1) is 22.9. The average Bonchev–Trinajstić information content (AvgIpc) is 2.90. The molecule has 2 N–H and O–H groups in total. The Kier molecular flexibility index (Phi) is 7.44. The van der Waals surface area contributed by atoms with Gasteiger partial charge in [-0.2, -0.15) is 0 Å². The van der Waals surface area contributed by atoms with E-state index in [1.807, 2.05) is 36.4 Å². The van der Waals surface area contributed by atoms with E-state index < -0.39 is 0 Å². The van der Waals surface area contributed by atoms with E-state index in [-0.39, 0.29) is 5.54 Å². The number of nitrogens with one attached hydrogen (secondary N) is 2. The Labute approximate surface area is 203 Å². The third-order valence-corrected chi connectivity index (χ3v) is 6.97. The molecule has 2 aliphatic rings. The number of ether oxygens (including phenoxy) is 2. The summed E-state index contributed by atoms with van der Waals surface area (Å²) in [7, 11) is 0. The molecule has 0 aliphatic carbocycles. The SMILES string of the molecule is c1ccc(COc2ccc(CN3CCC4(CC3)CNCCN4)cc2OCc2ccccc2)cc1. The lowest BCUT2D eigenvalue weighted by Crippen LogP contribution is -2.63. The van der Waals surface area contributed by atoms with Gasteiger partial charge in [0.15, 0.2) is 11.5 Å². The van der Waals surface area contributed by atoms with Gasteiger partial charge in [-0.3, -0.25) is 4.90 Å². The van der Waals surface area contributed by atoms with Crippen LogP contribution in [-0.4, -0.2) is 43.2 Å². The van der Waals surface area contributed by atoms with Crippen LogP contribution >= 0.6 is 0 Å². The van der Waals surface area contributed by atoms with Gasteiger partial charge in [-0.15, -0.1) is 0 Å². The fourth-order valence-corrected chi connectivity index (χ4v) is 4.91. The Morgan fingerprint density at radius 3 is 1.97 bits per heavy atom. The monoisotopic (exact) mass is 457 g/mol. The number of hydrogen-bond acceptors (Lipinski definition) is 5. The Balaban J connectivity index is 1.25. The minimum atomic E-state index is 0.286. The summed E-state index contributed by atoms with van der Waals surface area (Å²) in [5.74, 6) is 1.60. The summed E-state index contributed by atoms with van der Waals surface area (Å²) in [5.41, 5.74) is 3.85. The average molecular weight is 458 g/mol. The van der Waals surface area contributed by atoms with Gasteiger partial charge >= 0.3 is 0 Å². The van der Waals surface area contributed by atoms with Crippen LogP contribution in [0.4, 0.5) is 0 Å². The van der Waals surface area contributed by atoms with Crippen molar-refractivity contribution >= 4 is 0 Å². The molecule has 2 heterocycles. The maximum Gasteiger partial charge on any atom is 0.162 e. The summed E-state index contributed by atoms with van der Waals surface area (Å²) >= 11 is 0. The Hall–Kier alpha value is -2.86. The van der Waals surface area contributed by atoms with E-state index in [1.54, 1.807) is 0 Å². The molecule has 5 rings (SSSR count). The first-order chi connectivity index (χ1) is 16.8. The zero-order valence-corrected chi connectivity index (χ0v) is 19.8. The fraction of sp³-hybridized carbons (Fsp3) is 0.379. The third kappa shape index (κ3) is 5.98. The lowest BCUT2D eigenvalue weighted by molar-refractivity contribution is 0.116. The number of piperidine rings is 1. The summed E-state index contributed by atoms with van der Waals surface area (Å²) in [5, 5.41) is 7.33. The van der Waals surface area contributed by atoms with E-state index in [4.69, 9.17) is 9.47 Å². The van der Waals surface area contributed by atoms with Gasteiger partial charge in [0.05, 0.1) is 0 Å². The topological polar surface area (TPSA) is 45.8 Å². The van der Waals surface area contributed by atoms with Gasteiger partial charge in [-0.25, -0.2) is 0 Å².